The molecule has 158 valence electrons. The Hall–Kier alpha value is -2.15. The molecule has 3 aromatic rings. The second kappa shape index (κ2) is 9.77. The fourth-order valence-electron chi connectivity index (χ4n) is 3.43. The molecule has 1 amide bonds. The monoisotopic (exact) mass is 444 g/mol. The summed E-state index contributed by atoms with van der Waals surface area (Å²) in [5, 5.41) is 1.32. The number of amides is 1. The number of unbranched alkanes of at least 4 members (excludes halogenated alkanes) is 1. The molecule has 0 N–H and O–H groups in total. The van der Waals surface area contributed by atoms with Crippen LogP contribution in [-0.2, 0) is 4.74 Å². The molecule has 1 aliphatic heterocycles. The van der Waals surface area contributed by atoms with Gasteiger partial charge in [0.1, 0.15) is 5.75 Å². The summed E-state index contributed by atoms with van der Waals surface area (Å²) in [4.78, 5) is 19.9. The van der Waals surface area contributed by atoms with E-state index in [2.05, 4.69) is 6.92 Å². The summed E-state index contributed by atoms with van der Waals surface area (Å²) in [5.41, 5.74) is 1.44. The average Bonchev–Trinajstić information content (AvgIpc) is 3.41. The molecule has 0 bridgehead atoms. The maximum absolute atomic E-state index is 13.4. The minimum atomic E-state index is -0.0873. The standard InChI is InChI=1S/C23H25ClN2O3S/c1-2-3-12-28-18-9-6-16(7-10-18)22(27)26(15-19-5-4-13-29-19)23-25-20-11-8-17(24)14-21(20)30-23/h6-11,14,19H,2-5,12-13,15H2,1H3. The fourth-order valence-corrected chi connectivity index (χ4v) is 4.67. The second-order valence-electron chi connectivity index (χ2n) is 7.39. The van der Waals surface area contributed by atoms with Crippen molar-refractivity contribution in [2.45, 2.75) is 38.7 Å². The van der Waals surface area contributed by atoms with Crippen molar-refractivity contribution in [3.63, 3.8) is 0 Å². The molecule has 0 radical (unpaired) electrons. The molecule has 1 atom stereocenters. The maximum Gasteiger partial charge on any atom is 0.260 e. The highest BCUT2D eigenvalue weighted by molar-refractivity contribution is 7.22. The van der Waals surface area contributed by atoms with Gasteiger partial charge in [0.05, 0.1) is 29.5 Å². The zero-order valence-corrected chi connectivity index (χ0v) is 18.5. The van der Waals surface area contributed by atoms with Gasteiger partial charge in [-0.1, -0.05) is 36.3 Å². The Morgan fingerprint density at radius 2 is 2.13 bits per heavy atom. The van der Waals surface area contributed by atoms with Crippen LogP contribution in [0.2, 0.25) is 5.02 Å². The van der Waals surface area contributed by atoms with Crippen LogP contribution < -0.4 is 9.64 Å². The highest BCUT2D eigenvalue weighted by Crippen LogP contribution is 2.32. The normalized spacial score (nSPS) is 16.1. The first-order valence-electron chi connectivity index (χ1n) is 10.4. The van der Waals surface area contributed by atoms with Crippen LogP contribution >= 0.6 is 22.9 Å². The number of carbonyl (C=O) groups is 1. The molecule has 0 aliphatic carbocycles. The van der Waals surface area contributed by atoms with Gasteiger partial charge in [0.2, 0.25) is 0 Å². The fraction of sp³-hybridized carbons (Fsp3) is 0.391. The quantitative estimate of drug-likeness (QED) is 0.402. The lowest BCUT2D eigenvalue weighted by atomic mass is 10.1. The average molecular weight is 445 g/mol. The van der Waals surface area contributed by atoms with Gasteiger partial charge in [0.25, 0.3) is 5.91 Å². The molecule has 2 heterocycles. The number of hydrogen-bond acceptors (Lipinski definition) is 5. The predicted octanol–water partition coefficient (Wildman–Crippen LogP) is 5.95. The summed E-state index contributed by atoms with van der Waals surface area (Å²) >= 11 is 7.60. The van der Waals surface area contributed by atoms with Crippen molar-refractivity contribution >= 4 is 44.2 Å². The topological polar surface area (TPSA) is 51.7 Å². The number of benzene rings is 2. The zero-order chi connectivity index (χ0) is 20.9. The van der Waals surface area contributed by atoms with Gasteiger partial charge in [-0.2, -0.15) is 0 Å². The van der Waals surface area contributed by atoms with Gasteiger partial charge < -0.3 is 9.47 Å². The second-order valence-corrected chi connectivity index (χ2v) is 8.83. The minimum Gasteiger partial charge on any atom is -0.494 e. The number of fused-ring (bicyclic) bond motifs is 1. The molecular weight excluding hydrogens is 420 g/mol. The van der Waals surface area contributed by atoms with E-state index in [4.69, 9.17) is 26.1 Å². The molecule has 1 unspecified atom stereocenters. The molecule has 4 rings (SSSR count). The van der Waals surface area contributed by atoms with Gasteiger partial charge in [-0.05, 0) is 61.7 Å². The molecule has 30 heavy (non-hydrogen) atoms. The van der Waals surface area contributed by atoms with Crippen LogP contribution in [-0.4, -0.2) is 36.8 Å². The number of anilines is 1. The van der Waals surface area contributed by atoms with Gasteiger partial charge in [-0.15, -0.1) is 0 Å². The molecule has 1 saturated heterocycles. The van der Waals surface area contributed by atoms with E-state index < -0.39 is 0 Å². The van der Waals surface area contributed by atoms with Crippen LogP contribution in [0.5, 0.6) is 5.75 Å². The molecule has 1 fully saturated rings. The van der Waals surface area contributed by atoms with Crippen molar-refractivity contribution in [1.29, 1.82) is 0 Å². The number of rotatable bonds is 8. The van der Waals surface area contributed by atoms with Crippen molar-refractivity contribution in [3.05, 3.63) is 53.1 Å². The van der Waals surface area contributed by atoms with Crippen molar-refractivity contribution in [1.82, 2.24) is 4.98 Å². The lowest BCUT2D eigenvalue weighted by Gasteiger charge is -2.23. The summed E-state index contributed by atoms with van der Waals surface area (Å²) < 4.78 is 12.5. The Morgan fingerprint density at radius 1 is 1.30 bits per heavy atom. The molecule has 0 spiro atoms. The first-order valence-corrected chi connectivity index (χ1v) is 11.6. The summed E-state index contributed by atoms with van der Waals surface area (Å²) in [7, 11) is 0. The van der Waals surface area contributed by atoms with E-state index in [0.29, 0.717) is 28.9 Å². The molecule has 5 nitrogen and oxygen atoms in total. The Kier molecular flexibility index (Phi) is 6.87. The molecule has 1 aliphatic rings. The van der Waals surface area contributed by atoms with Crippen LogP contribution in [0, 0.1) is 0 Å². The smallest absolute Gasteiger partial charge is 0.260 e. The van der Waals surface area contributed by atoms with E-state index in [1.807, 2.05) is 42.5 Å². The van der Waals surface area contributed by atoms with E-state index in [1.54, 1.807) is 4.90 Å². The molecule has 0 saturated carbocycles. The van der Waals surface area contributed by atoms with Gasteiger partial charge in [-0.25, -0.2) is 4.98 Å². The number of aromatic nitrogens is 1. The van der Waals surface area contributed by atoms with Gasteiger partial charge in [0, 0.05) is 17.2 Å². The third-order valence-electron chi connectivity index (χ3n) is 5.09. The van der Waals surface area contributed by atoms with Gasteiger partial charge in [-0.3, -0.25) is 9.69 Å². The Balaban J connectivity index is 1.58. The Bertz CT molecular complexity index is 999. The van der Waals surface area contributed by atoms with Crippen molar-refractivity contribution < 1.29 is 14.3 Å². The highest BCUT2D eigenvalue weighted by atomic mass is 35.5. The van der Waals surface area contributed by atoms with Gasteiger partial charge >= 0.3 is 0 Å². The number of halogens is 1. The zero-order valence-electron chi connectivity index (χ0n) is 17.0. The summed E-state index contributed by atoms with van der Waals surface area (Å²) in [6, 6.07) is 12.9. The third-order valence-corrected chi connectivity index (χ3v) is 6.37. The number of thiazole rings is 1. The highest BCUT2D eigenvalue weighted by Gasteiger charge is 2.27. The van der Waals surface area contributed by atoms with Crippen LogP contribution in [0.1, 0.15) is 43.0 Å². The van der Waals surface area contributed by atoms with Crippen molar-refractivity contribution in [3.8, 4) is 5.75 Å². The molecular formula is C23H25ClN2O3S. The van der Waals surface area contributed by atoms with E-state index in [-0.39, 0.29) is 12.0 Å². The lowest BCUT2D eigenvalue weighted by Crippen LogP contribution is -2.37. The van der Waals surface area contributed by atoms with E-state index in [0.717, 1.165) is 48.3 Å². The summed E-state index contributed by atoms with van der Waals surface area (Å²) in [6.45, 7) is 4.04. The predicted molar refractivity (Wildman–Crippen MR) is 122 cm³/mol. The maximum atomic E-state index is 13.4. The number of nitrogens with zero attached hydrogens (tertiary/aromatic N) is 2. The first kappa shape index (κ1) is 21.1. The van der Waals surface area contributed by atoms with Crippen molar-refractivity contribution in [2.24, 2.45) is 0 Å². The van der Waals surface area contributed by atoms with Crippen LogP contribution in [0.3, 0.4) is 0 Å². The van der Waals surface area contributed by atoms with Crippen LogP contribution in [0.25, 0.3) is 10.2 Å². The van der Waals surface area contributed by atoms with Crippen LogP contribution in [0.15, 0.2) is 42.5 Å². The van der Waals surface area contributed by atoms with E-state index in [9.17, 15) is 4.79 Å². The number of carbonyl (C=O) groups excluding carboxylic acids is 1. The summed E-state index contributed by atoms with van der Waals surface area (Å²) in [5.74, 6) is 0.691. The number of ether oxygens (including phenoxy) is 2. The Morgan fingerprint density at radius 3 is 2.87 bits per heavy atom. The SMILES string of the molecule is CCCCOc1ccc(C(=O)N(CC2CCCO2)c2nc3ccc(Cl)cc3s2)cc1. The van der Waals surface area contributed by atoms with Gasteiger partial charge in [0.15, 0.2) is 5.13 Å². The van der Waals surface area contributed by atoms with E-state index >= 15 is 0 Å². The number of hydrogen-bond donors (Lipinski definition) is 0. The molecule has 2 aromatic carbocycles. The lowest BCUT2D eigenvalue weighted by molar-refractivity contribution is 0.0917. The minimum absolute atomic E-state index is 0.0289. The molecule has 1 aromatic heterocycles. The molecule has 7 heteroatoms. The summed E-state index contributed by atoms with van der Waals surface area (Å²) in [6.07, 6.45) is 4.09. The van der Waals surface area contributed by atoms with E-state index in [1.165, 1.54) is 11.3 Å². The largest absolute Gasteiger partial charge is 0.494 e. The first-order chi connectivity index (χ1) is 14.6. The third kappa shape index (κ3) is 4.94. The Labute approximate surface area is 185 Å². The van der Waals surface area contributed by atoms with Crippen molar-refractivity contribution in [2.75, 3.05) is 24.7 Å². The van der Waals surface area contributed by atoms with Crippen LogP contribution in [0.4, 0.5) is 5.13 Å².